The fourth-order valence-electron chi connectivity index (χ4n) is 6.80. The fourth-order valence-corrected chi connectivity index (χ4v) is 6.80. The molecule has 1 fully saturated rings. The molecule has 3 N–H and O–H groups in total. The van der Waals surface area contributed by atoms with Crippen LogP contribution in [-0.4, -0.2) is 49.4 Å². The van der Waals surface area contributed by atoms with Crippen molar-refractivity contribution in [2.45, 2.75) is 85.7 Å². The van der Waals surface area contributed by atoms with Gasteiger partial charge in [0.1, 0.15) is 12.2 Å². The molecule has 3 rings (SSSR count). The van der Waals surface area contributed by atoms with Crippen LogP contribution in [0.1, 0.15) is 61.3 Å². The zero-order valence-corrected chi connectivity index (χ0v) is 27.4. The standard InChI is InChI=1S/C36H50N2O6/c1-22-10-9-11-33(40)44-34(25(4)19-26(5)38-27(6)39)24(3)13-12-23(2)18-28-14-15-30-31(36(28,7)17-16-22)20-29(42-8)21-32(30)43-35(37)41/h9-19,24,26,28-32,34H,20-21H2,1-8H3,(H2,37,41)(H,38,39)/b11-9-,13-12+,17-16+,22-10+,23-18+,25-19+. The Bertz CT molecular complexity index is 1290. The number of fused-ring (bicyclic) bond motifs is 3. The Morgan fingerprint density at radius 2 is 1.84 bits per heavy atom. The number of cyclic esters (lactones) is 1. The third kappa shape index (κ3) is 9.18. The van der Waals surface area contributed by atoms with Crippen molar-refractivity contribution >= 4 is 18.0 Å². The number of nitrogens with two attached hydrogens (primary N) is 1. The minimum atomic E-state index is -0.772. The molecule has 3 aliphatic rings. The molecular formula is C36H50N2O6. The highest BCUT2D eigenvalue weighted by Gasteiger charge is 2.50. The molecule has 8 heteroatoms. The highest BCUT2D eigenvalue weighted by atomic mass is 16.6. The maximum absolute atomic E-state index is 12.9. The summed E-state index contributed by atoms with van der Waals surface area (Å²) in [6.45, 7) is 13.6. The van der Waals surface area contributed by atoms with Gasteiger partial charge in [0.2, 0.25) is 5.91 Å². The minimum absolute atomic E-state index is 0.00372. The number of amides is 2. The second kappa shape index (κ2) is 15.4. The zero-order valence-electron chi connectivity index (χ0n) is 27.4. The Balaban J connectivity index is 2.07. The number of hydrogen-bond acceptors (Lipinski definition) is 6. The van der Waals surface area contributed by atoms with E-state index in [0.717, 1.165) is 23.1 Å². The van der Waals surface area contributed by atoms with E-state index in [-0.39, 0.29) is 53.2 Å². The Hall–Kier alpha value is -3.65. The Labute approximate surface area is 262 Å². The van der Waals surface area contributed by atoms with Crippen molar-refractivity contribution in [1.29, 1.82) is 0 Å². The molecule has 0 spiro atoms. The Morgan fingerprint density at radius 1 is 1.11 bits per heavy atom. The van der Waals surface area contributed by atoms with E-state index in [9.17, 15) is 14.4 Å². The van der Waals surface area contributed by atoms with Crippen molar-refractivity contribution in [2.75, 3.05) is 7.11 Å². The molecular weight excluding hydrogens is 556 g/mol. The molecule has 1 aliphatic heterocycles. The second-order valence-corrected chi connectivity index (χ2v) is 12.8. The molecule has 240 valence electrons. The van der Waals surface area contributed by atoms with Gasteiger partial charge in [-0.25, -0.2) is 9.59 Å². The first-order valence-electron chi connectivity index (χ1n) is 15.5. The number of allylic oxidation sites excluding steroid dienone is 9. The first-order valence-corrected chi connectivity index (χ1v) is 15.5. The number of esters is 1. The first-order chi connectivity index (χ1) is 20.7. The summed E-state index contributed by atoms with van der Waals surface area (Å²) in [4.78, 5) is 36.2. The van der Waals surface area contributed by atoms with Crippen molar-refractivity contribution in [2.24, 2.45) is 34.8 Å². The van der Waals surface area contributed by atoms with Crippen molar-refractivity contribution in [3.05, 3.63) is 83.6 Å². The molecule has 0 saturated heterocycles. The van der Waals surface area contributed by atoms with Crippen LogP contribution in [0.25, 0.3) is 0 Å². The van der Waals surface area contributed by atoms with Gasteiger partial charge in [-0.2, -0.15) is 0 Å². The van der Waals surface area contributed by atoms with Gasteiger partial charge in [-0.3, -0.25) is 4.79 Å². The third-order valence-electron chi connectivity index (χ3n) is 9.08. The largest absolute Gasteiger partial charge is 0.454 e. The van der Waals surface area contributed by atoms with Crippen molar-refractivity contribution in [1.82, 2.24) is 5.32 Å². The van der Waals surface area contributed by atoms with E-state index in [1.807, 2.05) is 39.8 Å². The predicted octanol–water partition coefficient (Wildman–Crippen LogP) is 6.28. The van der Waals surface area contributed by atoms with Gasteiger partial charge in [0.15, 0.2) is 0 Å². The zero-order chi connectivity index (χ0) is 32.6. The van der Waals surface area contributed by atoms with E-state index in [2.05, 4.69) is 61.7 Å². The predicted molar refractivity (Wildman–Crippen MR) is 173 cm³/mol. The summed E-state index contributed by atoms with van der Waals surface area (Å²) in [5.41, 5.74) is 8.05. The molecule has 0 aromatic rings. The van der Waals surface area contributed by atoms with Crippen LogP contribution in [-0.2, 0) is 23.8 Å². The van der Waals surface area contributed by atoms with Crippen LogP contribution in [0.4, 0.5) is 4.79 Å². The van der Waals surface area contributed by atoms with Gasteiger partial charge in [0, 0.05) is 50.3 Å². The number of nitrogens with one attached hydrogen (secondary N) is 1. The lowest BCUT2D eigenvalue weighted by atomic mass is 9.55. The summed E-state index contributed by atoms with van der Waals surface area (Å²) in [6.07, 6.45) is 21.8. The van der Waals surface area contributed by atoms with E-state index >= 15 is 0 Å². The molecule has 9 unspecified atom stereocenters. The molecule has 0 aromatic heterocycles. The van der Waals surface area contributed by atoms with Crippen molar-refractivity contribution in [3.8, 4) is 0 Å². The van der Waals surface area contributed by atoms with Crippen LogP contribution in [0.3, 0.4) is 0 Å². The normalized spacial score (nSPS) is 38.2. The second-order valence-electron chi connectivity index (χ2n) is 12.8. The quantitative estimate of drug-likeness (QED) is 0.281. The van der Waals surface area contributed by atoms with Crippen molar-refractivity contribution < 1.29 is 28.6 Å². The van der Waals surface area contributed by atoms with E-state index in [1.54, 1.807) is 13.2 Å². The number of hydrogen-bond donors (Lipinski definition) is 2. The molecule has 0 bridgehead atoms. The van der Waals surface area contributed by atoms with Gasteiger partial charge < -0.3 is 25.3 Å². The minimum Gasteiger partial charge on any atom is -0.454 e. The van der Waals surface area contributed by atoms with Crippen LogP contribution in [0, 0.1) is 29.1 Å². The summed E-state index contributed by atoms with van der Waals surface area (Å²) in [6, 6.07) is -0.206. The van der Waals surface area contributed by atoms with E-state index in [1.165, 1.54) is 13.0 Å². The third-order valence-corrected chi connectivity index (χ3v) is 9.08. The lowest BCUT2D eigenvalue weighted by Gasteiger charge is -2.51. The van der Waals surface area contributed by atoms with Crippen LogP contribution < -0.4 is 11.1 Å². The molecule has 2 aliphatic carbocycles. The molecule has 1 heterocycles. The highest BCUT2D eigenvalue weighted by molar-refractivity contribution is 5.82. The fraction of sp³-hybridized carbons (Fsp3) is 0.528. The monoisotopic (exact) mass is 606 g/mol. The van der Waals surface area contributed by atoms with E-state index < -0.39 is 18.2 Å². The van der Waals surface area contributed by atoms with Crippen LogP contribution >= 0.6 is 0 Å². The first kappa shape index (κ1) is 34.8. The number of rotatable bonds is 5. The van der Waals surface area contributed by atoms with Crippen molar-refractivity contribution in [3.63, 3.8) is 0 Å². The highest BCUT2D eigenvalue weighted by Crippen LogP contribution is 2.53. The smallest absolute Gasteiger partial charge is 0.404 e. The molecule has 9 atom stereocenters. The van der Waals surface area contributed by atoms with E-state index in [0.29, 0.717) is 6.42 Å². The average molecular weight is 607 g/mol. The molecule has 44 heavy (non-hydrogen) atoms. The lowest BCUT2D eigenvalue weighted by molar-refractivity contribution is -0.142. The molecule has 0 radical (unpaired) electrons. The summed E-state index contributed by atoms with van der Waals surface area (Å²) >= 11 is 0. The lowest BCUT2D eigenvalue weighted by Crippen LogP contribution is -2.50. The SMILES string of the molecule is COC1CC(OC(N)=O)C2C=CC3/C=C(C)/C=C/C(C)C(/C(C)=C/C(C)NC(C)=O)OC(=O)\C=C/C=C(C)/C=C/C3(C)C2C1. The topological polar surface area (TPSA) is 117 Å². The summed E-state index contributed by atoms with van der Waals surface area (Å²) in [5.74, 6) is -0.501. The van der Waals surface area contributed by atoms with Gasteiger partial charge in [0.25, 0.3) is 0 Å². The molecule has 2 amide bonds. The summed E-state index contributed by atoms with van der Waals surface area (Å²) in [5, 5.41) is 2.86. The van der Waals surface area contributed by atoms with Gasteiger partial charge in [-0.1, -0.05) is 85.8 Å². The molecule has 1 saturated carbocycles. The molecule has 0 aromatic carbocycles. The number of carbonyl (C=O) groups is 3. The van der Waals surface area contributed by atoms with Crippen LogP contribution in [0.2, 0.25) is 0 Å². The summed E-state index contributed by atoms with van der Waals surface area (Å²) in [7, 11) is 1.70. The number of methoxy groups -OCH3 is 1. The van der Waals surface area contributed by atoms with E-state index in [4.69, 9.17) is 19.9 Å². The van der Waals surface area contributed by atoms with Gasteiger partial charge in [0.05, 0.1) is 6.10 Å². The Kier molecular flexibility index (Phi) is 12.2. The maximum atomic E-state index is 12.9. The van der Waals surface area contributed by atoms with Gasteiger partial charge >= 0.3 is 12.1 Å². The van der Waals surface area contributed by atoms with Crippen LogP contribution in [0.15, 0.2) is 83.6 Å². The number of ether oxygens (including phenoxy) is 3. The summed E-state index contributed by atoms with van der Waals surface area (Å²) < 4.78 is 17.4. The Morgan fingerprint density at radius 3 is 2.50 bits per heavy atom. The number of carbonyl (C=O) groups excluding carboxylic acids is 3. The number of primary amides is 1. The maximum Gasteiger partial charge on any atom is 0.404 e. The van der Waals surface area contributed by atoms with Crippen LogP contribution in [0.5, 0.6) is 0 Å². The van der Waals surface area contributed by atoms with Gasteiger partial charge in [-0.05, 0) is 51.0 Å². The molecule has 8 nitrogen and oxygen atoms in total. The average Bonchev–Trinajstić information content (AvgIpc) is 2.93. The van der Waals surface area contributed by atoms with Gasteiger partial charge in [-0.15, -0.1) is 0 Å².